The second-order valence-electron chi connectivity index (χ2n) is 21.6. The number of ether oxygens (including phenoxy) is 3. The molecule has 1 unspecified atom stereocenters. The third-order valence-electron chi connectivity index (χ3n) is 13.7. The van der Waals surface area contributed by atoms with Crippen molar-refractivity contribution >= 4 is 17.9 Å². The lowest BCUT2D eigenvalue weighted by Gasteiger charge is -2.18. The Hall–Kier alpha value is -4.97. The van der Waals surface area contributed by atoms with Gasteiger partial charge in [-0.05, 0) is 148 Å². The molecule has 0 aliphatic heterocycles. The molecule has 462 valence electrons. The minimum absolute atomic E-state index is 0.100. The van der Waals surface area contributed by atoms with Gasteiger partial charge in [0.1, 0.15) is 13.2 Å². The molecule has 0 heterocycles. The number of hydrogen-bond acceptors (Lipinski definition) is 6. The van der Waals surface area contributed by atoms with Crippen LogP contribution in [0.2, 0.25) is 0 Å². The smallest absolute Gasteiger partial charge is 0.306 e. The highest BCUT2D eigenvalue weighted by Crippen LogP contribution is 2.15. The van der Waals surface area contributed by atoms with E-state index in [1.54, 1.807) is 0 Å². The summed E-state index contributed by atoms with van der Waals surface area (Å²) in [5, 5.41) is 0. The largest absolute Gasteiger partial charge is 0.462 e. The zero-order valence-corrected chi connectivity index (χ0v) is 52.9. The maximum absolute atomic E-state index is 12.9. The first-order chi connectivity index (χ1) is 40.5. The Balaban J connectivity index is 4.43. The van der Waals surface area contributed by atoms with Crippen molar-refractivity contribution in [2.45, 2.75) is 290 Å². The topological polar surface area (TPSA) is 78.9 Å². The molecule has 0 saturated heterocycles. The average Bonchev–Trinajstić information content (AvgIpc) is 3.47. The Kier molecular flexibility index (Phi) is 64.4. The number of unbranched alkanes of at least 4 members (excludes halogenated alkanes) is 22. The van der Waals surface area contributed by atoms with Gasteiger partial charge in [-0.1, -0.05) is 275 Å². The molecule has 0 aliphatic carbocycles. The molecule has 6 heteroatoms. The van der Waals surface area contributed by atoms with Crippen LogP contribution in [0.4, 0.5) is 0 Å². The lowest BCUT2D eigenvalue weighted by molar-refractivity contribution is -0.167. The Morgan fingerprint density at radius 2 is 0.476 bits per heavy atom. The molecule has 1 atom stereocenters. The molecule has 0 aliphatic rings. The molecule has 0 rings (SSSR count). The Morgan fingerprint density at radius 1 is 0.256 bits per heavy atom. The van der Waals surface area contributed by atoms with E-state index in [2.05, 4.69) is 179 Å². The second kappa shape index (κ2) is 68.5. The van der Waals surface area contributed by atoms with Crippen LogP contribution in [0.15, 0.2) is 158 Å². The van der Waals surface area contributed by atoms with Crippen molar-refractivity contribution in [3.05, 3.63) is 158 Å². The van der Waals surface area contributed by atoms with Gasteiger partial charge in [-0.2, -0.15) is 0 Å². The molecule has 0 bridgehead atoms. The van der Waals surface area contributed by atoms with E-state index in [0.717, 1.165) is 173 Å². The highest BCUT2D eigenvalue weighted by atomic mass is 16.6. The van der Waals surface area contributed by atoms with Crippen LogP contribution in [0.25, 0.3) is 0 Å². The van der Waals surface area contributed by atoms with Crippen LogP contribution < -0.4 is 0 Å². The fraction of sp³-hybridized carbons (Fsp3) is 0.618. The number of hydrogen-bond donors (Lipinski definition) is 0. The van der Waals surface area contributed by atoms with Gasteiger partial charge in [0, 0.05) is 19.3 Å². The van der Waals surface area contributed by atoms with E-state index in [0.29, 0.717) is 19.3 Å². The number of carbonyl (C=O) groups excluding carboxylic acids is 3. The van der Waals surface area contributed by atoms with Gasteiger partial charge in [0.2, 0.25) is 0 Å². The Labute approximate surface area is 505 Å². The van der Waals surface area contributed by atoms with E-state index in [1.165, 1.54) is 70.6 Å². The van der Waals surface area contributed by atoms with E-state index in [9.17, 15) is 14.4 Å². The summed E-state index contributed by atoms with van der Waals surface area (Å²) in [5.41, 5.74) is 0. The summed E-state index contributed by atoms with van der Waals surface area (Å²) in [4.78, 5) is 38.4. The van der Waals surface area contributed by atoms with Gasteiger partial charge >= 0.3 is 17.9 Å². The van der Waals surface area contributed by atoms with E-state index in [4.69, 9.17) is 14.2 Å². The minimum atomic E-state index is -0.806. The summed E-state index contributed by atoms with van der Waals surface area (Å²) >= 11 is 0. The van der Waals surface area contributed by atoms with Crippen LogP contribution in [0.3, 0.4) is 0 Å². The fourth-order valence-electron chi connectivity index (χ4n) is 8.80. The second-order valence-corrected chi connectivity index (χ2v) is 21.6. The van der Waals surface area contributed by atoms with Crippen LogP contribution in [0.1, 0.15) is 284 Å². The van der Waals surface area contributed by atoms with Gasteiger partial charge in [-0.25, -0.2) is 0 Å². The SMILES string of the molecule is CC/C=C\C/C=C\C/C=C\C/C=C\C/C=C\C/C=C\C/C=C\CCCCCCCCCC(=O)OCC(COC(=O)CCCCCCC/C=C\C/C=C\CCCCCC)OC(=O)CCCCCCCC/C=C\C/C=C\C/C=C\C/C=C\CC. The summed E-state index contributed by atoms with van der Waals surface area (Å²) in [5.74, 6) is -0.938. The number of allylic oxidation sites excluding steroid dienone is 26. The van der Waals surface area contributed by atoms with Crippen LogP contribution in [0, 0.1) is 0 Å². The Bertz CT molecular complexity index is 1830. The van der Waals surface area contributed by atoms with E-state index < -0.39 is 6.10 Å². The third kappa shape index (κ3) is 65.8. The minimum Gasteiger partial charge on any atom is -0.462 e. The fourth-order valence-corrected chi connectivity index (χ4v) is 8.80. The molecular weight excluding hydrogens is 1010 g/mol. The van der Waals surface area contributed by atoms with E-state index in [1.807, 2.05) is 0 Å². The zero-order valence-electron chi connectivity index (χ0n) is 52.9. The maximum Gasteiger partial charge on any atom is 0.306 e. The number of esters is 3. The molecule has 0 N–H and O–H groups in total. The lowest BCUT2D eigenvalue weighted by atomic mass is 10.1. The standard InChI is InChI=1S/C76H122O6/c1-4-7-10-13-16-19-22-25-28-31-33-34-35-36-37-38-39-40-41-42-44-45-48-51-54-57-60-63-66-69-75(78)81-72-73(71-80-74(77)68-65-62-59-56-53-50-47-30-27-24-21-18-15-12-9-6-3)82-76(79)70-67-64-61-58-55-52-49-46-43-32-29-26-23-20-17-14-11-8-5-2/h7-8,10-11,16-17,19-21,24-26,28-30,33-34,36-37,39-40,42-44,46-47,73H,4-6,9,12-15,18,22-23,27,31-32,35,38,41,45,48-72H2,1-3H3/b10-7-,11-8-,19-16-,20-17-,24-21-,28-25-,29-26-,34-33-,37-36-,40-39-,44-42-,46-43-,47-30-. The Morgan fingerprint density at radius 3 is 0.744 bits per heavy atom. The normalized spacial score (nSPS) is 13.2. The van der Waals surface area contributed by atoms with E-state index >= 15 is 0 Å². The lowest BCUT2D eigenvalue weighted by Crippen LogP contribution is -2.30. The molecule has 6 nitrogen and oxygen atoms in total. The van der Waals surface area contributed by atoms with Gasteiger partial charge in [-0.15, -0.1) is 0 Å². The van der Waals surface area contributed by atoms with E-state index in [-0.39, 0.29) is 31.1 Å². The van der Waals surface area contributed by atoms with Crippen LogP contribution in [-0.2, 0) is 28.6 Å². The number of rotatable bonds is 59. The van der Waals surface area contributed by atoms with Crippen molar-refractivity contribution in [1.82, 2.24) is 0 Å². The molecule has 0 aromatic heterocycles. The quantitative estimate of drug-likeness (QED) is 0.0261. The van der Waals surface area contributed by atoms with Gasteiger partial charge in [0.05, 0.1) is 0 Å². The third-order valence-corrected chi connectivity index (χ3v) is 13.7. The zero-order chi connectivity index (χ0) is 59.2. The number of carbonyl (C=O) groups is 3. The summed E-state index contributed by atoms with van der Waals surface area (Å²) in [7, 11) is 0. The average molecular weight is 1130 g/mol. The molecular formula is C76H122O6. The van der Waals surface area contributed by atoms with Crippen molar-refractivity contribution in [3.63, 3.8) is 0 Å². The molecule has 0 spiro atoms. The van der Waals surface area contributed by atoms with Gasteiger partial charge in [-0.3, -0.25) is 14.4 Å². The van der Waals surface area contributed by atoms with Crippen molar-refractivity contribution in [2.24, 2.45) is 0 Å². The summed E-state index contributed by atoms with van der Waals surface area (Å²) in [6.07, 6.45) is 99.6. The molecule has 0 saturated carbocycles. The predicted octanol–water partition coefficient (Wildman–Crippen LogP) is 23.3. The first-order valence-electron chi connectivity index (χ1n) is 33.5. The van der Waals surface area contributed by atoms with Crippen LogP contribution in [0.5, 0.6) is 0 Å². The van der Waals surface area contributed by atoms with Crippen molar-refractivity contribution in [2.75, 3.05) is 13.2 Å². The molecule has 82 heavy (non-hydrogen) atoms. The summed E-state index contributed by atoms with van der Waals surface area (Å²) < 4.78 is 16.9. The van der Waals surface area contributed by atoms with Crippen molar-refractivity contribution in [1.29, 1.82) is 0 Å². The molecule has 0 aromatic rings. The van der Waals surface area contributed by atoms with Crippen LogP contribution in [-0.4, -0.2) is 37.2 Å². The van der Waals surface area contributed by atoms with Gasteiger partial charge in [0.15, 0.2) is 6.10 Å². The van der Waals surface area contributed by atoms with Gasteiger partial charge in [0.25, 0.3) is 0 Å². The summed E-state index contributed by atoms with van der Waals surface area (Å²) in [6.45, 7) is 6.37. The molecule has 0 radical (unpaired) electrons. The highest BCUT2D eigenvalue weighted by molar-refractivity contribution is 5.71. The van der Waals surface area contributed by atoms with Crippen molar-refractivity contribution < 1.29 is 28.6 Å². The summed E-state index contributed by atoms with van der Waals surface area (Å²) in [6, 6.07) is 0. The first-order valence-corrected chi connectivity index (χ1v) is 33.5. The molecule has 0 amide bonds. The monoisotopic (exact) mass is 1130 g/mol. The maximum atomic E-state index is 12.9. The van der Waals surface area contributed by atoms with Crippen molar-refractivity contribution in [3.8, 4) is 0 Å². The first kappa shape index (κ1) is 77.0. The van der Waals surface area contributed by atoms with Crippen LogP contribution >= 0.6 is 0 Å². The highest BCUT2D eigenvalue weighted by Gasteiger charge is 2.19. The predicted molar refractivity (Wildman–Crippen MR) is 357 cm³/mol. The van der Waals surface area contributed by atoms with Gasteiger partial charge < -0.3 is 14.2 Å². The molecule has 0 fully saturated rings. The molecule has 0 aromatic carbocycles.